The van der Waals surface area contributed by atoms with Crippen LogP contribution in [0.5, 0.6) is 0 Å². The average molecular weight is 435 g/mol. The van der Waals surface area contributed by atoms with E-state index in [4.69, 9.17) is 10.1 Å². The van der Waals surface area contributed by atoms with Crippen LogP contribution in [0.4, 0.5) is 10.2 Å². The Morgan fingerprint density at radius 2 is 1.84 bits per heavy atom. The van der Waals surface area contributed by atoms with Crippen molar-refractivity contribution in [2.75, 3.05) is 6.61 Å². The normalized spacial score (nSPS) is 15.4. The van der Waals surface area contributed by atoms with Crippen molar-refractivity contribution in [3.63, 3.8) is 0 Å². The van der Waals surface area contributed by atoms with Gasteiger partial charge in [-0.25, -0.2) is 14.2 Å². The summed E-state index contributed by atoms with van der Waals surface area (Å²) in [4.78, 5) is 30.9. The summed E-state index contributed by atoms with van der Waals surface area (Å²) in [6.45, 7) is 2.07. The first kappa shape index (κ1) is 21.9. The number of hydrogen-bond acceptors (Lipinski definition) is 4. The van der Waals surface area contributed by atoms with Gasteiger partial charge in [0.25, 0.3) is 5.56 Å². The summed E-state index contributed by atoms with van der Waals surface area (Å²) in [6, 6.07) is 14.3. The van der Waals surface area contributed by atoms with Crippen LogP contribution in [0.2, 0.25) is 0 Å². The molecule has 32 heavy (non-hydrogen) atoms. The molecule has 0 aliphatic carbocycles. The van der Waals surface area contributed by atoms with Crippen LogP contribution in [0.15, 0.2) is 63.1 Å². The van der Waals surface area contributed by atoms with Crippen LogP contribution in [0, 0.1) is 18.7 Å². The Morgan fingerprint density at radius 1 is 1.12 bits per heavy atom. The quantitative estimate of drug-likeness (QED) is 0.647. The van der Waals surface area contributed by atoms with Gasteiger partial charge in [-0.05, 0) is 55.0 Å². The number of benzene rings is 2. The summed E-state index contributed by atoms with van der Waals surface area (Å²) in [5.41, 5.74) is 3.51. The Morgan fingerprint density at radius 3 is 2.53 bits per heavy atom. The highest BCUT2D eigenvalue weighted by atomic mass is 19.1. The van der Waals surface area contributed by atoms with E-state index in [9.17, 15) is 14.0 Å². The van der Waals surface area contributed by atoms with Crippen LogP contribution in [-0.2, 0) is 26.4 Å². The number of aliphatic imine (C=N–C) groups is 1. The summed E-state index contributed by atoms with van der Waals surface area (Å²) in [6.07, 6.45) is 1.34. The Hall–Kier alpha value is -3.32. The van der Waals surface area contributed by atoms with Gasteiger partial charge in [0.2, 0.25) is 0 Å². The third-order valence-corrected chi connectivity index (χ3v) is 6.03. The van der Waals surface area contributed by atoms with E-state index in [0.29, 0.717) is 30.6 Å². The van der Waals surface area contributed by atoms with Gasteiger partial charge in [-0.1, -0.05) is 36.4 Å². The first-order valence-corrected chi connectivity index (χ1v) is 10.7. The topological polar surface area (TPSA) is 76.6 Å². The van der Waals surface area contributed by atoms with E-state index in [1.165, 1.54) is 21.3 Å². The second kappa shape index (κ2) is 9.04. The van der Waals surface area contributed by atoms with E-state index in [-0.39, 0.29) is 30.4 Å². The molecule has 0 spiro atoms. The van der Waals surface area contributed by atoms with Gasteiger partial charge in [-0.2, -0.15) is 0 Å². The van der Waals surface area contributed by atoms with Crippen LogP contribution >= 0.6 is 0 Å². The lowest BCUT2D eigenvalue weighted by atomic mass is 9.83. The van der Waals surface area contributed by atoms with Crippen molar-refractivity contribution in [2.45, 2.75) is 32.7 Å². The average Bonchev–Trinajstić information content (AvgIpc) is 2.79. The van der Waals surface area contributed by atoms with Crippen molar-refractivity contribution in [1.29, 1.82) is 0 Å². The number of halogens is 1. The van der Waals surface area contributed by atoms with Crippen LogP contribution in [-0.4, -0.2) is 26.6 Å². The molecule has 2 aromatic carbocycles. The number of aromatic nitrogens is 2. The molecule has 4 rings (SSSR count). The molecule has 1 N–H and O–H groups in total. The molecule has 0 saturated carbocycles. The number of nitrogens with zero attached hydrogens (tertiary/aromatic N) is 3. The fourth-order valence-electron chi connectivity index (χ4n) is 4.33. The van der Waals surface area contributed by atoms with E-state index < -0.39 is 5.69 Å². The second-order valence-corrected chi connectivity index (χ2v) is 8.22. The van der Waals surface area contributed by atoms with Crippen molar-refractivity contribution >= 4 is 11.5 Å². The number of fused-ring (bicyclic) bond motifs is 1. The number of aliphatic hydroxyl groups excluding tert-OH is 1. The zero-order valence-corrected chi connectivity index (χ0v) is 18.2. The molecular weight excluding hydrogens is 409 g/mol. The van der Waals surface area contributed by atoms with Crippen LogP contribution < -0.4 is 11.2 Å². The minimum Gasteiger partial charge on any atom is -0.396 e. The zero-order valence-electron chi connectivity index (χ0n) is 18.2. The lowest BCUT2D eigenvalue weighted by molar-refractivity contribution is 0.277. The molecule has 1 aliphatic rings. The minimum absolute atomic E-state index is 0.102. The predicted molar refractivity (Wildman–Crippen MR) is 122 cm³/mol. The van der Waals surface area contributed by atoms with Crippen LogP contribution in [0.3, 0.4) is 0 Å². The first-order chi connectivity index (χ1) is 15.4. The lowest BCUT2D eigenvalue weighted by Gasteiger charge is -2.27. The Balaban J connectivity index is 1.87. The SMILES string of the molecule is Cc1ccccc1C1=Nc2c(c(=O)n(CCCO)c(=O)n2C)CC1Cc1ccc(F)cc1. The van der Waals surface area contributed by atoms with Crippen LogP contribution in [0.25, 0.3) is 0 Å². The molecule has 1 aliphatic heterocycles. The smallest absolute Gasteiger partial charge is 0.332 e. The molecule has 6 nitrogen and oxygen atoms in total. The highest BCUT2D eigenvalue weighted by Gasteiger charge is 2.30. The predicted octanol–water partition coefficient (Wildman–Crippen LogP) is 2.91. The van der Waals surface area contributed by atoms with E-state index in [2.05, 4.69) is 0 Å². The highest BCUT2D eigenvalue weighted by molar-refractivity contribution is 6.05. The Kier molecular flexibility index (Phi) is 6.19. The Labute approximate surface area is 185 Å². The molecule has 0 amide bonds. The van der Waals surface area contributed by atoms with Crippen molar-refractivity contribution in [3.05, 3.63) is 97.4 Å². The first-order valence-electron chi connectivity index (χ1n) is 10.7. The van der Waals surface area contributed by atoms with Gasteiger partial charge >= 0.3 is 5.69 Å². The molecule has 7 heteroatoms. The second-order valence-electron chi connectivity index (χ2n) is 8.22. The van der Waals surface area contributed by atoms with Gasteiger partial charge in [0.1, 0.15) is 11.6 Å². The third-order valence-electron chi connectivity index (χ3n) is 6.03. The maximum atomic E-state index is 13.4. The lowest BCUT2D eigenvalue weighted by Crippen LogP contribution is -2.43. The maximum absolute atomic E-state index is 13.4. The molecule has 0 saturated heterocycles. The van der Waals surface area contributed by atoms with Gasteiger partial charge < -0.3 is 5.11 Å². The summed E-state index contributed by atoms with van der Waals surface area (Å²) >= 11 is 0. The summed E-state index contributed by atoms with van der Waals surface area (Å²) in [7, 11) is 1.62. The molecule has 0 bridgehead atoms. The van der Waals surface area contributed by atoms with Gasteiger partial charge in [0.05, 0.1) is 11.3 Å². The molecule has 2 heterocycles. The molecule has 3 aromatic rings. The Bertz CT molecular complexity index is 1290. The highest BCUT2D eigenvalue weighted by Crippen LogP contribution is 2.31. The van der Waals surface area contributed by atoms with Crippen molar-refractivity contribution in [1.82, 2.24) is 9.13 Å². The number of aryl methyl sites for hydroxylation is 1. The van der Waals surface area contributed by atoms with E-state index in [0.717, 1.165) is 22.4 Å². The fourth-order valence-corrected chi connectivity index (χ4v) is 4.33. The molecule has 0 fully saturated rings. The van der Waals surface area contributed by atoms with Gasteiger partial charge in [-0.15, -0.1) is 0 Å². The van der Waals surface area contributed by atoms with Crippen molar-refractivity contribution in [3.8, 4) is 0 Å². The molecule has 1 atom stereocenters. The third kappa shape index (κ3) is 4.08. The van der Waals surface area contributed by atoms with Gasteiger partial charge in [0.15, 0.2) is 0 Å². The molecule has 1 aromatic heterocycles. The van der Waals surface area contributed by atoms with Crippen molar-refractivity contribution in [2.24, 2.45) is 18.0 Å². The molecular formula is C25H26FN3O3. The van der Waals surface area contributed by atoms with Gasteiger partial charge in [0, 0.05) is 26.1 Å². The number of aliphatic hydroxyl groups is 1. The largest absolute Gasteiger partial charge is 0.396 e. The standard InChI is InChI=1S/C25H26FN3O3/c1-16-6-3-4-7-20(16)22-18(14-17-8-10-19(26)11-9-17)15-21-23(27-22)28(2)25(32)29(24(21)31)12-5-13-30/h3-4,6-11,18,30H,5,12-15H2,1-2H3. The summed E-state index contributed by atoms with van der Waals surface area (Å²) in [5, 5.41) is 9.16. The molecule has 166 valence electrons. The monoisotopic (exact) mass is 435 g/mol. The number of rotatable bonds is 6. The van der Waals surface area contributed by atoms with E-state index in [1.807, 2.05) is 31.2 Å². The maximum Gasteiger partial charge on any atom is 0.332 e. The number of hydrogen-bond donors (Lipinski definition) is 1. The summed E-state index contributed by atoms with van der Waals surface area (Å²) < 4.78 is 16.0. The van der Waals surface area contributed by atoms with Crippen LogP contribution in [0.1, 0.15) is 28.7 Å². The fraction of sp³-hybridized carbons (Fsp3) is 0.320. The van der Waals surface area contributed by atoms with Crippen molar-refractivity contribution < 1.29 is 9.50 Å². The molecule has 0 radical (unpaired) electrons. The van der Waals surface area contributed by atoms with E-state index >= 15 is 0 Å². The van der Waals surface area contributed by atoms with Gasteiger partial charge in [-0.3, -0.25) is 13.9 Å². The minimum atomic E-state index is -0.438. The zero-order chi connectivity index (χ0) is 22.8. The molecule has 1 unspecified atom stereocenters. The summed E-state index contributed by atoms with van der Waals surface area (Å²) in [5.74, 6) is -0.0169. The van der Waals surface area contributed by atoms with E-state index in [1.54, 1.807) is 19.2 Å².